The number of carboxylic acids is 4. The zero-order chi connectivity index (χ0) is 30.2. The Balaban J connectivity index is 0.000000516. The van der Waals surface area contributed by atoms with E-state index in [1.165, 1.54) is 48.5 Å². The van der Waals surface area contributed by atoms with Gasteiger partial charge in [-0.15, -0.1) is 0 Å². The minimum absolute atomic E-state index is 0. The Hall–Kier alpha value is -1.40. The van der Waals surface area contributed by atoms with Gasteiger partial charge in [-0.05, 0) is 161 Å². The predicted molar refractivity (Wildman–Crippen MR) is 180 cm³/mol. The maximum absolute atomic E-state index is 10.2. The van der Waals surface area contributed by atoms with Gasteiger partial charge in [0, 0.05) is 41.6 Å². The fourth-order valence-corrected chi connectivity index (χ4v) is 3.78. The van der Waals surface area contributed by atoms with Crippen molar-refractivity contribution in [1.29, 1.82) is 0 Å². The van der Waals surface area contributed by atoms with Gasteiger partial charge in [0.15, 0.2) is 0 Å². The Bertz CT molecular complexity index is 1190. The number of carbonyl (C=O) groups excluding carboxylic acids is 4. The summed E-state index contributed by atoms with van der Waals surface area (Å²) in [7, 11) is 0. The minimum Gasteiger partial charge on any atom is -0.545 e. The van der Waals surface area contributed by atoms with E-state index in [4.69, 9.17) is 0 Å². The first kappa shape index (κ1) is 39.6. The third-order valence-corrected chi connectivity index (χ3v) is 7.20. The van der Waals surface area contributed by atoms with E-state index >= 15 is 0 Å². The van der Waals surface area contributed by atoms with Gasteiger partial charge in [-0.2, -0.15) is 0 Å². The van der Waals surface area contributed by atoms with Crippen LogP contribution in [0, 0.1) is 14.3 Å². The first-order valence-corrected chi connectivity index (χ1v) is 15.0. The van der Waals surface area contributed by atoms with Crippen molar-refractivity contribution in [3.05, 3.63) is 134 Å². The van der Waals surface area contributed by atoms with E-state index in [1.54, 1.807) is 48.5 Å². The quantitative estimate of drug-likeness (QED) is 0.223. The molecule has 0 bridgehead atoms. The van der Waals surface area contributed by atoms with Crippen LogP contribution in [0.5, 0.6) is 0 Å². The molecule has 0 saturated heterocycles. The summed E-state index contributed by atoms with van der Waals surface area (Å²) in [4.78, 5) is 40.8. The smallest absolute Gasteiger partial charge is 0.0715 e. The standard InChI is InChI=1S/4C7H5IO2.Pb/c4*8-6-3-1-5(2-4-6)7(9)10;/h4*1-4H,(H,9,10);/p-4. The molecule has 0 heterocycles. The van der Waals surface area contributed by atoms with Gasteiger partial charge in [0.25, 0.3) is 0 Å². The molecule has 0 aromatic heterocycles. The number of hydrogen-bond acceptors (Lipinski definition) is 8. The van der Waals surface area contributed by atoms with Gasteiger partial charge in [-0.1, -0.05) is 48.5 Å². The monoisotopic (exact) mass is 1200 g/mol. The van der Waals surface area contributed by atoms with Crippen LogP contribution in [0.1, 0.15) is 41.4 Å². The molecule has 13 heteroatoms. The summed E-state index contributed by atoms with van der Waals surface area (Å²) < 4.78 is 4.07. The normalized spacial score (nSPS) is 9.07. The molecule has 212 valence electrons. The van der Waals surface area contributed by atoms with Gasteiger partial charge in [0.05, 0.1) is 23.9 Å². The molecular formula is C28H16I4O8Pb-4. The molecule has 4 radical (unpaired) electrons. The van der Waals surface area contributed by atoms with Crippen LogP contribution in [0.25, 0.3) is 0 Å². The molecule has 0 amide bonds. The van der Waals surface area contributed by atoms with Gasteiger partial charge < -0.3 is 39.6 Å². The first-order valence-electron chi connectivity index (χ1n) is 10.7. The molecule has 0 unspecified atom stereocenters. The second-order valence-electron chi connectivity index (χ2n) is 7.18. The fraction of sp³-hybridized carbons (Fsp3) is 0. The minimum atomic E-state index is -1.13. The van der Waals surface area contributed by atoms with Gasteiger partial charge in [0.2, 0.25) is 0 Å². The molecule has 0 aliphatic carbocycles. The van der Waals surface area contributed by atoms with E-state index in [2.05, 4.69) is 90.4 Å². The third-order valence-electron chi connectivity index (χ3n) is 4.32. The molecule has 4 aromatic carbocycles. The number of benzene rings is 4. The van der Waals surface area contributed by atoms with Crippen LogP contribution in [0.3, 0.4) is 0 Å². The van der Waals surface area contributed by atoms with Crippen LogP contribution in [0.4, 0.5) is 0 Å². The topological polar surface area (TPSA) is 161 Å². The van der Waals surface area contributed by atoms with Crippen LogP contribution in [-0.4, -0.2) is 51.2 Å². The molecule has 0 fully saturated rings. The first-order chi connectivity index (χ1) is 18.8. The third kappa shape index (κ3) is 17.3. The predicted octanol–water partition coefficient (Wildman–Crippen LogP) is 2.24. The van der Waals surface area contributed by atoms with Crippen LogP contribution < -0.4 is 20.4 Å². The van der Waals surface area contributed by atoms with Crippen molar-refractivity contribution < 1.29 is 39.6 Å². The van der Waals surface area contributed by atoms with E-state index < -0.39 is 23.9 Å². The summed E-state index contributed by atoms with van der Waals surface area (Å²) in [6, 6.07) is 26.0. The summed E-state index contributed by atoms with van der Waals surface area (Å²) in [6.07, 6.45) is 0. The SMILES string of the molecule is O=C([O-])c1ccc(I)cc1.O=C([O-])c1ccc(I)cc1.O=C([O-])c1ccc(I)cc1.O=C([O-])c1ccc(I)cc1.[Pb]. The van der Waals surface area contributed by atoms with Gasteiger partial charge in [-0.3, -0.25) is 0 Å². The molecule has 0 atom stereocenters. The number of hydrogen-bond donors (Lipinski definition) is 0. The number of carbonyl (C=O) groups is 4. The van der Waals surface area contributed by atoms with Crippen molar-refractivity contribution in [1.82, 2.24) is 0 Å². The summed E-state index contributed by atoms with van der Waals surface area (Å²) in [5.74, 6) is -4.51. The Morgan fingerprint density at radius 3 is 0.561 bits per heavy atom. The molecule has 4 rings (SSSR count). The molecule has 0 spiro atoms. The second kappa shape index (κ2) is 21.3. The van der Waals surface area contributed by atoms with E-state index in [0.29, 0.717) is 0 Å². The molecule has 0 aliphatic rings. The van der Waals surface area contributed by atoms with E-state index in [1.807, 2.05) is 0 Å². The van der Waals surface area contributed by atoms with Crippen LogP contribution in [0.2, 0.25) is 0 Å². The van der Waals surface area contributed by atoms with Crippen molar-refractivity contribution >= 4 is 142 Å². The average Bonchev–Trinajstić information content (AvgIpc) is 2.91. The van der Waals surface area contributed by atoms with E-state index in [0.717, 1.165) is 14.3 Å². The van der Waals surface area contributed by atoms with E-state index in [-0.39, 0.29) is 49.6 Å². The molecule has 41 heavy (non-hydrogen) atoms. The number of rotatable bonds is 4. The summed E-state index contributed by atoms with van der Waals surface area (Å²) >= 11 is 8.43. The van der Waals surface area contributed by atoms with Crippen molar-refractivity contribution in [2.45, 2.75) is 0 Å². The van der Waals surface area contributed by atoms with Crippen molar-refractivity contribution in [2.75, 3.05) is 0 Å². The summed E-state index contributed by atoms with van der Waals surface area (Å²) in [5.41, 5.74) is 0.890. The second-order valence-corrected chi connectivity index (χ2v) is 12.2. The molecule has 4 aromatic rings. The zero-order valence-corrected chi connectivity index (χ0v) is 33.0. The molecule has 8 nitrogen and oxygen atoms in total. The molecular weight excluding hydrogens is 1180 g/mol. The Morgan fingerprint density at radius 1 is 0.341 bits per heavy atom. The summed E-state index contributed by atoms with van der Waals surface area (Å²) in [6.45, 7) is 0. The Labute approximate surface area is 310 Å². The Morgan fingerprint density at radius 2 is 0.463 bits per heavy atom. The van der Waals surface area contributed by atoms with Gasteiger partial charge in [0.1, 0.15) is 0 Å². The largest absolute Gasteiger partial charge is 0.545 e. The Kier molecular flexibility index (Phi) is 20.6. The maximum atomic E-state index is 10.2. The number of aromatic carboxylic acids is 4. The van der Waals surface area contributed by atoms with E-state index in [9.17, 15) is 39.6 Å². The molecule has 0 saturated carbocycles. The van der Waals surface area contributed by atoms with Gasteiger partial charge >= 0.3 is 0 Å². The van der Waals surface area contributed by atoms with Crippen LogP contribution in [-0.2, 0) is 0 Å². The number of halogens is 4. The van der Waals surface area contributed by atoms with Crippen LogP contribution in [0.15, 0.2) is 97.1 Å². The zero-order valence-electron chi connectivity index (χ0n) is 20.5. The van der Waals surface area contributed by atoms with Crippen LogP contribution >= 0.6 is 90.4 Å². The fourth-order valence-electron chi connectivity index (χ4n) is 2.34. The van der Waals surface area contributed by atoms with Crippen molar-refractivity contribution in [2.24, 2.45) is 0 Å². The molecule has 0 aliphatic heterocycles. The number of carboxylic acid groups (broad SMARTS) is 4. The summed E-state index contributed by atoms with van der Waals surface area (Å²) in [5, 5.41) is 40.8. The van der Waals surface area contributed by atoms with Crippen molar-refractivity contribution in [3.8, 4) is 0 Å². The van der Waals surface area contributed by atoms with Crippen molar-refractivity contribution in [3.63, 3.8) is 0 Å². The maximum Gasteiger partial charge on any atom is 0.0715 e. The molecule has 0 N–H and O–H groups in total. The average molecular weight is 1200 g/mol. The van der Waals surface area contributed by atoms with Gasteiger partial charge in [-0.25, -0.2) is 0 Å².